The topological polar surface area (TPSA) is 59.2 Å². The number of halogens is 2. The van der Waals surface area contributed by atoms with Crippen molar-refractivity contribution in [3.05, 3.63) is 70.5 Å². The van der Waals surface area contributed by atoms with Gasteiger partial charge in [0, 0.05) is 42.6 Å². The SMILES string of the molecule is Cc1ccc(-c2nc(C3CC(=O)N(Cc4ccc(F)cc4F)C3)no2)cc1C. The summed E-state index contributed by atoms with van der Waals surface area (Å²) >= 11 is 0. The molecule has 1 aliphatic heterocycles. The number of hydrogen-bond donors (Lipinski definition) is 0. The Morgan fingerprint density at radius 3 is 2.71 bits per heavy atom. The van der Waals surface area contributed by atoms with Crippen molar-refractivity contribution in [1.29, 1.82) is 0 Å². The van der Waals surface area contributed by atoms with Gasteiger partial charge in [0.1, 0.15) is 11.6 Å². The third-order valence-corrected chi connectivity index (χ3v) is 5.15. The van der Waals surface area contributed by atoms with Gasteiger partial charge in [-0.05, 0) is 43.2 Å². The molecule has 144 valence electrons. The first-order valence-electron chi connectivity index (χ1n) is 9.03. The molecule has 0 saturated carbocycles. The van der Waals surface area contributed by atoms with E-state index >= 15 is 0 Å². The zero-order valence-electron chi connectivity index (χ0n) is 15.6. The molecule has 5 nitrogen and oxygen atoms in total. The maximum Gasteiger partial charge on any atom is 0.257 e. The van der Waals surface area contributed by atoms with E-state index in [0.717, 1.165) is 17.2 Å². The van der Waals surface area contributed by atoms with Gasteiger partial charge in [0.15, 0.2) is 5.82 Å². The summed E-state index contributed by atoms with van der Waals surface area (Å²) < 4.78 is 32.3. The molecule has 1 fully saturated rings. The first-order valence-corrected chi connectivity index (χ1v) is 9.03. The van der Waals surface area contributed by atoms with E-state index in [9.17, 15) is 13.6 Å². The van der Waals surface area contributed by atoms with E-state index in [1.165, 1.54) is 22.6 Å². The van der Waals surface area contributed by atoms with Gasteiger partial charge < -0.3 is 9.42 Å². The molecule has 3 aromatic rings. The third kappa shape index (κ3) is 3.52. The van der Waals surface area contributed by atoms with Gasteiger partial charge in [-0.25, -0.2) is 8.78 Å². The molecule has 1 aromatic heterocycles. The first-order chi connectivity index (χ1) is 13.4. The summed E-state index contributed by atoms with van der Waals surface area (Å²) in [5.74, 6) is -0.770. The summed E-state index contributed by atoms with van der Waals surface area (Å²) in [6, 6.07) is 9.26. The van der Waals surface area contributed by atoms with Crippen LogP contribution in [-0.2, 0) is 11.3 Å². The minimum absolute atomic E-state index is 0.0866. The molecule has 1 saturated heterocycles. The van der Waals surface area contributed by atoms with Gasteiger partial charge in [-0.15, -0.1) is 0 Å². The van der Waals surface area contributed by atoms with Gasteiger partial charge in [-0.1, -0.05) is 17.3 Å². The number of hydrogen-bond acceptors (Lipinski definition) is 4. The van der Waals surface area contributed by atoms with E-state index in [0.29, 0.717) is 18.3 Å². The zero-order chi connectivity index (χ0) is 19.8. The van der Waals surface area contributed by atoms with Crippen LogP contribution in [0.3, 0.4) is 0 Å². The van der Waals surface area contributed by atoms with Gasteiger partial charge in [-0.2, -0.15) is 4.98 Å². The lowest BCUT2D eigenvalue weighted by molar-refractivity contribution is -0.128. The molecule has 4 rings (SSSR count). The Kier molecular flexibility index (Phi) is 4.66. The predicted molar refractivity (Wildman–Crippen MR) is 98.3 cm³/mol. The summed E-state index contributed by atoms with van der Waals surface area (Å²) in [6.07, 6.45) is 0.231. The number of nitrogens with zero attached hydrogens (tertiary/aromatic N) is 3. The van der Waals surface area contributed by atoms with Crippen LogP contribution < -0.4 is 0 Å². The van der Waals surface area contributed by atoms with Crippen LogP contribution in [0.4, 0.5) is 8.78 Å². The predicted octanol–water partition coefficient (Wildman–Crippen LogP) is 4.15. The average molecular weight is 383 g/mol. The number of rotatable bonds is 4. The number of carbonyl (C=O) groups is 1. The molecule has 1 unspecified atom stereocenters. The van der Waals surface area contributed by atoms with E-state index in [1.807, 2.05) is 32.0 Å². The van der Waals surface area contributed by atoms with Crippen LogP contribution in [-0.4, -0.2) is 27.5 Å². The maximum absolute atomic E-state index is 13.9. The molecule has 0 radical (unpaired) electrons. The van der Waals surface area contributed by atoms with Crippen molar-refractivity contribution in [2.75, 3.05) is 6.54 Å². The highest BCUT2D eigenvalue weighted by atomic mass is 19.1. The molecule has 0 N–H and O–H groups in total. The van der Waals surface area contributed by atoms with Gasteiger partial charge in [0.2, 0.25) is 5.91 Å². The Labute approximate surface area is 161 Å². The molecule has 0 aliphatic carbocycles. The number of likely N-dealkylation sites (tertiary alicyclic amines) is 1. The fourth-order valence-electron chi connectivity index (χ4n) is 3.35. The van der Waals surface area contributed by atoms with Crippen LogP contribution in [0.5, 0.6) is 0 Å². The fraction of sp³-hybridized carbons (Fsp3) is 0.286. The Morgan fingerprint density at radius 1 is 1.14 bits per heavy atom. The molecule has 2 aromatic carbocycles. The minimum atomic E-state index is -0.659. The molecule has 1 atom stereocenters. The average Bonchev–Trinajstić information content (AvgIpc) is 3.27. The highest BCUT2D eigenvalue weighted by Gasteiger charge is 2.34. The molecule has 1 amide bonds. The monoisotopic (exact) mass is 383 g/mol. The van der Waals surface area contributed by atoms with Gasteiger partial charge in [0.25, 0.3) is 5.89 Å². The van der Waals surface area contributed by atoms with Crippen LogP contribution in [0.25, 0.3) is 11.5 Å². The first kappa shape index (κ1) is 18.3. The Morgan fingerprint density at radius 2 is 1.96 bits per heavy atom. The van der Waals surface area contributed by atoms with Crippen molar-refractivity contribution in [2.24, 2.45) is 0 Å². The molecule has 2 heterocycles. The van der Waals surface area contributed by atoms with Crippen LogP contribution in [0.1, 0.15) is 34.9 Å². The van der Waals surface area contributed by atoms with E-state index in [-0.39, 0.29) is 30.4 Å². The molecular weight excluding hydrogens is 364 g/mol. The van der Waals surface area contributed by atoms with E-state index in [1.54, 1.807) is 0 Å². The molecule has 0 bridgehead atoms. The molecule has 1 aliphatic rings. The van der Waals surface area contributed by atoms with Crippen molar-refractivity contribution in [3.63, 3.8) is 0 Å². The van der Waals surface area contributed by atoms with E-state index in [2.05, 4.69) is 10.1 Å². The van der Waals surface area contributed by atoms with Gasteiger partial charge >= 0.3 is 0 Å². The number of amides is 1. The molecule has 28 heavy (non-hydrogen) atoms. The number of aromatic nitrogens is 2. The van der Waals surface area contributed by atoms with E-state index in [4.69, 9.17) is 4.52 Å². The van der Waals surface area contributed by atoms with E-state index < -0.39 is 11.6 Å². The highest BCUT2D eigenvalue weighted by molar-refractivity contribution is 5.79. The lowest BCUT2D eigenvalue weighted by Gasteiger charge is -2.16. The Balaban J connectivity index is 1.49. The van der Waals surface area contributed by atoms with Crippen LogP contribution in [0.15, 0.2) is 40.9 Å². The Bertz CT molecular complexity index is 1050. The van der Waals surface area contributed by atoms with Gasteiger partial charge in [0.05, 0.1) is 0 Å². The summed E-state index contributed by atoms with van der Waals surface area (Å²) in [5.41, 5.74) is 3.41. The second-order valence-electron chi connectivity index (χ2n) is 7.17. The smallest absolute Gasteiger partial charge is 0.257 e. The molecule has 0 spiro atoms. The van der Waals surface area contributed by atoms with Crippen molar-refractivity contribution in [1.82, 2.24) is 15.0 Å². The highest BCUT2D eigenvalue weighted by Crippen LogP contribution is 2.30. The van der Waals surface area contributed by atoms with Crippen LogP contribution in [0.2, 0.25) is 0 Å². The number of aryl methyl sites for hydroxylation is 2. The van der Waals surface area contributed by atoms with Crippen molar-refractivity contribution >= 4 is 5.91 Å². The summed E-state index contributed by atoms with van der Waals surface area (Å²) in [4.78, 5) is 18.3. The van der Waals surface area contributed by atoms with Crippen LogP contribution >= 0.6 is 0 Å². The normalized spacial score (nSPS) is 16.8. The lowest BCUT2D eigenvalue weighted by atomic mass is 10.1. The largest absolute Gasteiger partial charge is 0.337 e. The second kappa shape index (κ2) is 7.14. The van der Waals surface area contributed by atoms with Crippen molar-refractivity contribution in [2.45, 2.75) is 32.7 Å². The van der Waals surface area contributed by atoms with Crippen LogP contribution in [0, 0.1) is 25.5 Å². The number of carbonyl (C=O) groups excluding carboxylic acids is 1. The maximum atomic E-state index is 13.9. The lowest BCUT2D eigenvalue weighted by Crippen LogP contribution is -2.25. The summed E-state index contributed by atoms with van der Waals surface area (Å²) in [7, 11) is 0. The minimum Gasteiger partial charge on any atom is -0.337 e. The standard InChI is InChI=1S/C21H19F2N3O2/c1-12-3-4-14(7-13(12)2)21-24-20(25-28-21)16-8-19(27)26(11-16)10-15-5-6-17(22)9-18(15)23/h3-7,9,16H,8,10-11H2,1-2H3. The summed E-state index contributed by atoms with van der Waals surface area (Å²) in [5, 5.41) is 4.04. The second-order valence-corrected chi connectivity index (χ2v) is 7.17. The fourth-order valence-corrected chi connectivity index (χ4v) is 3.35. The quantitative estimate of drug-likeness (QED) is 0.679. The third-order valence-electron chi connectivity index (χ3n) is 5.15. The number of benzene rings is 2. The van der Waals surface area contributed by atoms with Crippen molar-refractivity contribution < 1.29 is 18.1 Å². The zero-order valence-corrected chi connectivity index (χ0v) is 15.6. The molecular formula is C21H19F2N3O2. The molecule has 7 heteroatoms. The summed E-state index contributed by atoms with van der Waals surface area (Å²) in [6.45, 7) is 4.49. The van der Waals surface area contributed by atoms with Crippen molar-refractivity contribution in [3.8, 4) is 11.5 Å². The van der Waals surface area contributed by atoms with Gasteiger partial charge in [-0.3, -0.25) is 4.79 Å². The Hall–Kier alpha value is -3.09.